The van der Waals surface area contributed by atoms with E-state index >= 15 is 0 Å². The third-order valence-corrected chi connectivity index (χ3v) is 4.21. The minimum absolute atomic E-state index is 0.220. The van der Waals surface area contributed by atoms with Crippen LogP contribution in [0.4, 0.5) is 0 Å². The Hall–Kier alpha value is -3.87. The van der Waals surface area contributed by atoms with Gasteiger partial charge in [0.1, 0.15) is 5.82 Å². The number of carbonyl (C=O) groups is 1. The van der Waals surface area contributed by atoms with Crippen LogP contribution in [0.3, 0.4) is 0 Å². The number of aromatic amines is 1. The highest BCUT2D eigenvalue weighted by Crippen LogP contribution is 2.18. The summed E-state index contributed by atoms with van der Waals surface area (Å²) in [4.78, 5) is 25.2. The van der Waals surface area contributed by atoms with E-state index in [-0.39, 0.29) is 12.5 Å². The first-order chi connectivity index (χ1) is 13.7. The first-order valence-electron chi connectivity index (χ1n) is 8.82. The molecule has 0 unspecified atom stereocenters. The van der Waals surface area contributed by atoms with E-state index in [1.807, 2.05) is 43.3 Å². The predicted molar refractivity (Wildman–Crippen MR) is 105 cm³/mol. The van der Waals surface area contributed by atoms with Crippen molar-refractivity contribution in [2.45, 2.75) is 13.5 Å². The van der Waals surface area contributed by atoms with Gasteiger partial charge in [-0.25, -0.2) is 4.98 Å². The summed E-state index contributed by atoms with van der Waals surface area (Å²) in [6, 6.07) is 15.4. The molecule has 0 radical (unpaired) electrons. The zero-order chi connectivity index (χ0) is 19.3. The van der Waals surface area contributed by atoms with Crippen LogP contribution in [0.25, 0.3) is 22.6 Å². The van der Waals surface area contributed by atoms with Crippen LogP contribution >= 0.6 is 0 Å². The van der Waals surface area contributed by atoms with Crippen molar-refractivity contribution < 1.29 is 4.79 Å². The van der Waals surface area contributed by atoms with Crippen LogP contribution in [0.2, 0.25) is 0 Å². The van der Waals surface area contributed by atoms with Crippen LogP contribution in [0.1, 0.15) is 21.7 Å². The van der Waals surface area contributed by atoms with Crippen LogP contribution in [-0.4, -0.2) is 31.1 Å². The lowest BCUT2D eigenvalue weighted by Gasteiger charge is -2.05. The first-order valence-corrected chi connectivity index (χ1v) is 8.82. The summed E-state index contributed by atoms with van der Waals surface area (Å²) in [6.07, 6.45) is 4.96. The highest BCUT2D eigenvalue weighted by Gasteiger charge is 2.10. The van der Waals surface area contributed by atoms with E-state index in [2.05, 4.69) is 36.5 Å². The maximum Gasteiger partial charge on any atom is 0.253 e. The van der Waals surface area contributed by atoms with Crippen molar-refractivity contribution in [3.63, 3.8) is 0 Å². The number of nitrogens with one attached hydrogen (secondary N) is 2. The number of aryl methyl sites for hydroxylation is 1. The molecule has 3 aromatic heterocycles. The van der Waals surface area contributed by atoms with E-state index in [0.29, 0.717) is 17.2 Å². The Balaban J connectivity index is 1.40. The van der Waals surface area contributed by atoms with E-state index < -0.39 is 0 Å². The van der Waals surface area contributed by atoms with Gasteiger partial charge >= 0.3 is 0 Å². The normalized spacial score (nSPS) is 10.6. The third-order valence-electron chi connectivity index (χ3n) is 4.21. The summed E-state index contributed by atoms with van der Waals surface area (Å²) in [7, 11) is 0. The van der Waals surface area contributed by atoms with Gasteiger partial charge in [0, 0.05) is 29.7 Å². The van der Waals surface area contributed by atoms with Gasteiger partial charge in [0.2, 0.25) is 0 Å². The molecule has 0 saturated carbocycles. The van der Waals surface area contributed by atoms with Gasteiger partial charge in [0.15, 0.2) is 5.82 Å². The molecule has 138 valence electrons. The zero-order valence-electron chi connectivity index (χ0n) is 15.3. The number of hydrogen-bond donors (Lipinski definition) is 2. The van der Waals surface area contributed by atoms with Gasteiger partial charge in [-0.15, -0.1) is 0 Å². The Kier molecular flexibility index (Phi) is 4.88. The number of pyridine rings is 2. The van der Waals surface area contributed by atoms with Crippen molar-refractivity contribution in [1.82, 2.24) is 30.5 Å². The lowest BCUT2D eigenvalue weighted by atomic mass is 10.1. The number of aromatic nitrogens is 5. The number of amides is 1. The molecule has 2 N–H and O–H groups in total. The molecule has 0 aliphatic carbocycles. The molecule has 0 bridgehead atoms. The number of rotatable bonds is 5. The van der Waals surface area contributed by atoms with Crippen molar-refractivity contribution in [3.05, 3.63) is 84.1 Å². The lowest BCUT2D eigenvalue weighted by molar-refractivity contribution is 0.0949. The first kappa shape index (κ1) is 17.5. The third kappa shape index (κ3) is 3.93. The van der Waals surface area contributed by atoms with E-state index in [0.717, 1.165) is 16.8 Å². The van der Waals surface area contributed by atoms with Crippen LogP contribution in [-0.2, 0) is 6.54 Å². The molecule has 0 aliphatic rings. The molecule has 1 aromatic carbocycles. The second kappa shape index (κ2) is 7.79. The lowest BCUT2D eigenvalue weighted by Crippen LogP contribution is -2.23. The van der Waals surface area contributed by atoms with Gasteiger partial charge in [-0.2, -0.15) is 5.10 Å². The van der Waals surface area contributed by atoms with Gasteiger partial charge in [-0.3, -0.25) is 19.9 Å². The fourth-order valence-electron chi connectivity index (χ4n) is 2.77. The molecule has 0 spiro atoms. The molecule has 7 nitrogen and oxygen atoms in total. The van der Waals surface area contributed by atoms with Crippen molar-refractivity contribution in [2.75, 3.05) is 0 Å². The molecule has 3 heterocycles. The van der Waals surface area contributed by atoms with Crippen LogP contribution in [0.15, 0.2) is 67.1 Å². The summed E-state index contributed by atoms with van der Waals surface area (Å²) in [5, 5.41) is 9.80. The van der Waals surface area contributed by atoms with E-state index in [9.17, 15) is 4.79 Å². The zero-order valence-corrected chi connectivity index (χ0v) is 15.3. The molecule has 0 saturated heterocycles. The highest BCUT2D eigenvalue weighted by molar-refractivity contribution is 5.94. The minimum atomic E-state index is -0.220. The molecule has 0 fully saturated rings. The summed E-state index contributed by atoms with van der Waals surface area (Å²) in [6.45, 7) is 2.28. The second-order valence-electron chi connectivity index (χ2n) is 6.33. The fourth-order valence-corrected chi connectivity index (χ4v) is 2.77. The maximum atomic E-state index is 12.4. The smallest absolute Gasteiger partial charge is 0.253 e. The molecule has 4 rings (SSSR count). The average molecular weight is 370 g/mol. The van der Waals surface area contributed by atoms with Gasteiger partial charge in [-0.05, 0) is 37.3 Å². The van der Waals surface area contributed by atoms with E-state index in [4.69, 9.17) is 0 Å². The molecule has 1 amide bonds. The van der Waals surface area contributed by atoms with Gasteiger partial charge in [0.05, 0.1) is 17.8 Å². The Morgan fingerprint density at radius 1 is 1.07 bits per heavy atom. The highest BCUT2D eigenvalue weighted by atomic mass is 16.1. The number of benzene rings is 1. The maximum absolute atomic E-state index is 12.4. The van der Waals surface area contributed by atoms with Crippen LogP contribution < -0.4 is 5.32 Å². The summed E-state index contributed by atoms with van der Waals surface area (Å²) < 4.78 is 0. The molecule has 28 heavy (non-hydrogen) atoms. The second-order valence-corrected chi connectivity index (χ2v) is 6.33. The van der Waals surface area contributed by atoms with Crippen molar-refractivity contribution in [1.29, 1.82) is 0 Å². The summed E-state index contributed by atoms with van der Waals surface area (Å²) in [5.41, 5.74) is 4.32. The topological polar surface area (TPSA) is 96.5 Å². The Morgan fingerprint density at radius 3 is 2.71 bits per heavy atom. The fraction of sp³-hybridized carbons (Fsp3) is 0.0952. The molecule has 7 heteroatoms. The molecule has 0 aliphatic heterocycles. The van der Waals surface area contributed by atoms with Gasteiger partial charge in [-0.1, -0.05) is 23.8 Å². The number of nitrogens with zero attached hydrogens (tertiary/aromatic N) is 4. The van der Waals surface area contributed by atoms with E-state index in [1.165, 1.54) is 5.56 Å². The van der Waals surface area contributed by atoms with Crippen molar-refractivity contribution >= 4 is 5.91 Å². The standard InChI is InChI=1S/C21H18N6O/c1-14-4-2-5-15(10-14)18-8-7-17(12-23-18)21(28)24-13-19-25-20(27-26-19)16-6-3-9-22-11-16/h2-12H,13H2,1H3,(H,24,28)(H,25,26,27). The Labute approximate surface area is 161 Å². The average Bonchev–Trinajstić information content (AvgIpc) is 3.22. The minimum Gasteiger partial charge on any atom is -0.345 e. The van der Waals surface area contributed by atoms with E-state index in [1.54, 1.807) is 24.7 Å². The summed E-state index contributed by atoms with van der Waals surface area (Å²) in [5.74, 6) is 0.890. The van der Waals surface area contributed by atoms with Gasteiger partial charge in [0.25, 0.3) is 5.91 Å². The molecule has 4 aromatic rings. The number of H-pyrrole nitrogens is 1. The molecule has 0 atom stereocenters. The Morgan fingerprint density at radius 2 is 1.96 bits per heavy atom. The van der Waals surface area contributed by atoms with Gasteiger partial charge < -0.3 is 5.32 Å². The van der Waals surface area contributed by atoms with Crippen LogP contribution in [0, 0.1) is 6.92 Å². The largest absolute Gasteiger partial charge is 0.345 e. The monoisotopic (exact) mass is 370 g/mol. The summed E-state index contributed by atoms with van der Waals surface area (Å²) >= 11 is 0. The Bertz CT molecular complexity index is 1090. The van der Waals surface area contributed by atoms with Crippen molar-refractivity contribution in [2.24, 2.45) is 0 Å². The molecular formula is C21H18N6O. The number of hydrogen-bond acceptors (Lipinski definition) is 5. The predicted octanol–water partition coefficient (Wildman–Crippen LogP) is 3.17. The van der Waals surface area contributed by atoms with Crippen molar-refractivity contribution in [3.8, 4) is 22.6 Å². The van der Waals surface area contributed by atoms with Crippen LogP contribution in [0.5, 0.6) is 0 Å². The number of carbonyl (C=O) groups excluding carboxylic acids is 1. The quantitative estimate of drug-likeness (QED) is 0.562. The SMILES string of the molecule is Cc1cccc(-c2ccc(C(=O)NCc3nc(-c4cccnc4)n[nH]3)cn2)c1. The molecular weight excluding hydrogens is 352 g/mol.